The highest BCUT2D eigenvalue weighted by molar-refractivity contribution is 6.00. The average Bonchev–Trinajstić information content (AvgIpc) is 3.72. The van der Waals surface area contributed by atoms with Crippen molar-refractivity contribution in [3.63, 3.8) is 0 Å². The Morgan fingerprint density at radius 1 is 0.868 bits per heavy atom. The molecule has 0 amide bonds. The number of nitriles is 2. The molecule has 0 unspecified atom stereocenters. The molecular weight excluding hydrogens is 480 g/mol. The maximum absolute atomic E-state index is 9.29. The number of aromatic amines is 1. The number of hydrogen-bond acceptors (Lipinski definition) is 10. The van der Waals surface area contributed by atoms with Gasteiger partial charge in [0.05, 0.1) is 52.6 Å². The maximum Gasteiger partial charge on any atom is 0.195 e. The number of aromatic nitrogens is 4. The SMILES string of the molecule is Cc1c(NC2=NCCN2)cc(C#N)c2c1ncn2C.Cc1nc2c(C)c(NC3=NCCN3)cc(C#N)c2[nH]1. The molecule has 0 saturated heterocycles. The molecule has 38 heavy (non-hydrogen) atoms. The predicted octanol–water partition coefficient (Wildman–Crippen LogP) is 2.55. The highest BCUT2D eigenvalue weighted by Crippen LogP contribution is 2.28. The highest BCUT2D eigenvalue weighted by Gasteiger charge is 2.16. The molecule has 2 aliphatic rings. The van der Waals surface area contributed by atoms with Crippen molar-refractivity contribution in [2.75, 3.05) is 36.8 Å². The van der Waals surface area contributed by atoms with Crippen LogP contribution in [0.2, 0.25) is 0 Å². The first-order chi connectivity index (χ1) is 18.4. The predicted molar refractivity (Wildman–Crippen MR) is 148 cm³/mol. The molecule has 5 N–H and O–H groups in total. The molecule has 0 bridgehead atoms. The van der Waals surface area contributed by atoms with Gasteiger partial charge >= 0.3 is 0 Å². The van der Waals surface area contributed by atoms with E-state index in [0.29, 0.717) is 11.1 Å². The van der Waals surface area contributed by atoms with Gasteiger partial charge in [0.2, 0.25) is 0 Å². The number of aryl methyl sites for hydroxylation is 4. The molecule has 6 rings (SSSR count). The van der Waals surface area contributed by atoms with Crippen molar-refractivity contribution >= 4 is 45.4 Å². The second-order valence-electron chi connectivity index (χ2n) is 9.08. The van der Waals surface area contributed by atoms with Crippen molar-refractivity contribution in [2.24, 2.45) is 17.0 Å². The Kier molecular flexibility index (Phi) is 6.54. The molecule has 2 aromatic carbocycles. The molecule has 0 radical (unpaired) electrons. The van der Waals surface area contributed by atoms with Gasteiger partial charge in [-0.15, -0.1) is 0 Å². The number of nitrogens with one attached hydrogen (secondary N) is 5. The van der Waals surface area contributed by atoms with E-state index in [1.807, 2.05) is 44.5 Å². The van der Waals surface area contributed by atoms with Gasteiger partial charge in [-0.05, 0) is 32.9 Å². The second-order valence-corrected chi connectivity index (χ2v) is 9.08. The van der Waals surface area contributed by atoms with Gasteiger partial charge in [0.15, 0.2) is 11.9 Å². The summed E-state index contributed by atoms with van der Waals surface area (Å²) < 4.78 is 1.87. The van der Waals surface area contributed by atoms with Gasteiger partial charge < -0.3 is 30.8 Å². The molecule has 0 spiro atoms. The quantitative estimate of drug-likeness (QED) is 0.275. The summed E-state index contributed by atoms with van der Waals surface area (Å²) in [5.41, 5.74) is 8.31. The third-order valence-electron chi connectivity index (χ3n) is 6.47. The Hall–Kier alpha value is -5.10. The lowest BCUT2D eigenvalue weighted by molar-refractivity contribution is 0.946. The van der Waals surface area contributed by atoms with Gasteiger partial charge in [-0.3, -0.25) is 9.98 Å². The summed E-state index contributed by atoms with van der Waals surface area (Å²) in [6.45, 7) is 9.11. The Morgan fingerprint density at radius 2 is 1.45 bits per heavy atom. The van der Waals surface area contributed by atoms with E-state index in [0.717, 1.165) is 88.5 Å². The standard InChI is InChI=1S/2C13H14N6/c1-8-10(18-13-15-3-4-16-13)5-9(6-14)12-11(8)17-7-19(12)2;1-7-10(19-13-15-3-4-16-13)5-9(6-14)12-11(7)17-8(2)18-12/h5,7H,3-4H2,1-2H3,(H2,15,16,18);5H,3-4H2,1-2H3,(H,17,18)(H2,15,16,19). The zero-order chi connectivity index (χ0) is 26.8. The Balaban J connectivity index is 0.000000155. The number of imidazole rings is 2. The van der Waals surface area contributed by atoms with Crippen LogP contribution < -0.4 is 21.3 Å². The number of benzene rings is 2. The Labute approximate surface area is 219 Å². The molecule has 2 aromatic heterocycles. The first kappa shape index (κ1) is 24.6. The number of hydrogen-bond donors (Lipinski definition) is 5. The fourth-order valence-corrected chi connectivity index (χ4v) is 4.53. The zero-order valence-electron chi connectivity index (χ0n) is 21.7. The maximum atomic E-state index is 9.29. The lowest BCUT2D eigenvalue weighted by Crippen LogP contribution is -2.26. The van der Waals surface area contributed by atoms with Crippen LogP contribution in [0, 0.1) is 43.4 Å². The van der Waals surface area contributed by atoms with Crippen LogP contribution in [-0.4, -0.2) is 57.6 Å². The van der Waals surface area contributed by atoms with E-state index in [2.05, 4.69) is 58.3 Å². The Bertz CT molecular complexity index is 1650. The number of guanidine groups is 2. The zero-order valence-corrected chi connectivity index (χ0v) is 21.7. The van der Waals surface area contributed by atoms with Crippen LogP contribution in [0.4, 0.5) is 11.4 Å². The Morgan fingerprint density at radius 3 is 2.00 bits per heavy atom. The van der Waals surface area contributed by atoms with Crippen LogP contribution >= 0.6 is 0 Å². The van der Waals surface area contributed by atoms with Crippen LogP contribution in [0.3, 0.4) is 0 Å². The fourth-order valence-electron chi connectivity index (χ4n) is 4.53. The molecule has 0 saturated carbocycles. The van der Waals surface area contributed by atoms with Crippen LogP contribution in [0.1, 0.15) is 28.1 Å². The minimum Gasteiger partial charge on any atom is -0.354 e. The minimum absolute atomic E-state index is 0.585. The van der Waals surface area contributed by atoms with E-state index in [1.165, 1.54) is 0 Å². The normalized spacial score (nSPS) is 14.1. The van der Waals surface area contributed by atoms with E-state index in [-0.39, 0.29) is 0 Å². The fraction of sp³-hybridized carbons (Fsp3) is 0.308. The summed E-state index contributed by atoms with van der Waals surface area (Å²) in [5.74, 6) is 2.31. The van der Waals surface area contributed by atoms with Gasteiger partial charge in [0, 0.05) is 42.6 Å². The van der Waals surface area contributed by atoms with Crippen molar-refractivity contribution in [1.82, 2.24) is 30.2 Å². The number of rotatable bonds is 2. The highest BCUT2D eigenvalue weighted by atomic mass is 15.2. The van der Waals surface area contributed by atoms with Gasteiger partial charge in [-0.1, -0.05) is 0 Å². The first-order valence-corrected chi connectivity index (χ1v) is 12.2. The van der Waals surface area contributed by atoms with Gasteiger partial charge in [0.1, 0.15) is 18.0 Å². The monoisotopic (exact) mass is 508 g/mol. The number of nitrogens with zero attached hydrogens (tertiary/aromatic N) is 7. The lowest BCUT2D eigenvalue weighted by atomic mass is 10.1. The van der Waals surface area contributed by atoms with Gasteiger partial charge in [0.25, 0.3) is 0 Å². The summed E-state index contributed by atoms with van der Waals surface area (Å²) in [6, 6.07) is 8.11. The molecule has 0 atom stereocenters. The van der Waals surface area contributed by atoms with E-state index >= 15 is 0 Å². The summed E-state index contributed by atoms with van der Waals surface area (Å²) in [4.78, 5) is 20.6. The van der Waals surface area contributed by atoms with E-state index in [4.69, 9.17) is 0 Å². The molecular formula is C26H28N12. The molecule has 192 valence electrons. The van der Waals surface area contributed by atoms with E-state index < -0.39 is 0 Å². The molecule has 0 fully saturated rings. The number of aliphatic imine (C=N–C) groups is 2. The van der Waals surface area contributed by atoms with Crippen LogP contribution in [0.5, 0.6) is 0 Å². The summed E-state index contributed by atoms with van der Waals surface area (Å²) in [6.07, 6.45) is 1.73. The van der Waals surface area contributed by atoms with Crippen LogP contribution in [0.15, 0.2) is 28.4 Å². The molecule has 4 aromatic rings. The number of fused-ring (bicyclic) bond motifs is 2. The van der Waals surface area contributed by atoms with E-state index in [1.54, 1.807) is 6.33 Å². The van der Waals surface area contributed by atoms with Crippen molar-refractivity contribution in [3.8, 4) is 12.1 Å². The van der Waals surface area contributed by atoms with Crippen LogP contribution in [0.25, 0.3) is 22.1 Å². The van der Waals surface area contributed by atoms with Gasteiger partial charge in [-0.2, -0.15) is 10.5 Å². The summed E-state index contributed by atoms with van der Waals surface area (Å²) in [5, 5.41) is 31.3. The summed E-state index contributed by atoms with van der Waals surface area (Å²) >= 11 is 0. The third-order valence-corrected chi connectivity index (χ3v) is 6.47. The molecule has 2 aliphatic heterocycles. The lowest BCUT2D eigenvalue weighted by Gasteiger charge is -2.11. The van der Waals surface area contributed by atoms with Crippen molar-refractivity contribution in [1.29, 1.82) is 10.5 Å². The van der Waals surface area contributed by atoms with Crippen molar-refractivity contribution < 1.29 is 0 Å². The second kappa shape index (κ2) is 10.1. The van der Waals surface area contributed by atoms with Crippen molar-refractivity contribution in [2.45, 2.75) is 20.8 Å². The average molecular weight is 509 g/mol. The molecule has 0 aliphatic carbocycles. The number of H-pyrrole nitrogens is 1. The first-order valence-electron chi connectivity index (χ1n) is 12.2. The topological polar surface area (TPSA) is 167 Å². The van der Waals surface area contributed by atoms with Crippen LogP contribution in [-0.2, 0) is 7.05 Å². The largest absolute Gasteiger partial charge is 0.354 e. The summed E-state index contributed by atoms with van der Waals surface area (Å²) in [7, 11) is 1.89. The molecule has 12 nitrogen and oxygen atoms in total. The van der Waals surface area contributed by atoms with Crippen molar-refractivity contribution in [3.05, 3.63) is 46.5 Å². The van der Waals surface area contributed by atoms with Gasteiger partial charge in [-0.25, -0.2) is 9.97 Å². The molecule has 4 heterocycles. The smallest absolute Gasteiger partial charge is 0.195 e. The van der Waals surface area contributed by atoms with E-state index in [9.17, 15) is 10.5 Å². The minimum atomic E-state index is 0.585. The number of anilines is 2. The third kappa shape index (κ3) is 4.55. The molecule has 12 heteroatoms.